The van der Waals surface area contributed by atoms with E-state index in [1.54, 1.807) is 13.1 Å². The van der Waals surface area contributed by atoms with Crippen molar-refractivity contribution in [2.45, 2.75) is 13.3 Å². The van der Waals surface area contributed by atoms with Gasteiger partial charge in [-0.1, -0.05) is 6.92 Å². The number of amides is 1. The zero-order valence-corrected chi connectivity index (χ0v) is 10.1. The quantitative estimate of drug-likeness (QED) is 0.557. The van der Waals surface area contributed by atoms with Gasteiger partial charge < -0.3 is 21.7 Å². The van der Waals surface area contributed by atoms with Gasteiger partial charge in [0.05, 0.1) is 6.54 Å². The summed E-state index contributed by atoms with van der Waals surface area (Å²) in [5, 5.41) is 8.50. The Bertz CT molecular complexity index is 381. The van der Waals surface area contributed by atoms with E-state index >= 15 is 0 Å². The molecule has 0 saturated heterocycles. The lowest BCUT2D eigenvalue weighted by Gasteiger charge is -2.08. The van der Waals surface area contributed by atoms with Gasteiger partial charge in [0.2, 0.25) is 11.9 Å². The third-order valence-electron chi connectivity index (χ3n) is 2.00. The average molecular weight is 238 g/mol. The Hall–Kier alpha value is -2.05. The summed E-state index contributed by atoms with van der Waals surface area (Å²) in [5.41, 5.74) is 5.52. The fourth-order valence-corrected chi connectivity index (χ4v) is 1.18. The van der Waals surface area contributed by atoms with Crippen LogP contribution in [0.4, 0.5) is 17.6 Å². The molecular weight excluding hydrogens is 220 g/mol. The molecule has 0 radical (unpaired) electrons. The molecule has 1 heterocycles. The van der Waals surface area contributed by atoms with Crippen molar-refractivity contribution in [3.05, 3.63) is 6.07 Å². The Morgan fingerprint density at radius 1 is 1.41 bits per heavy atom. The molecule has 0 saturated carbocycles. The van der Waals surface area contributed by atoms with Gasteiger partial charge in [0.15, 0.2) is 0 Å². The maximum Gasteiger partial charge on any atom is 0.239 e. The number of carbonyl (C=O) groups excluding carboxylic acids is 1. The largest absolute Gasteiger partial charge is 0.373 e. The van der Waals surface area contributed by atoms with Crippen LogP contribution in [0.1, 0.15) is 13.3 Å². The summed E-state index contributed by atoms with van der Waals surface area (Å²) in [5.74, 6) is 1.21. The highest BCUT2D eigenvalue weighted by molar-refractivity contribution is 5.80. The Labute approximate surface area is 100 Å². The van der Waals surface area contributed by atoms with E-state index in [9.17, 15) is 4.79 Å². The molecule has 0 aliphatic heterocycles. The highest BCUT2D eigenvalue weighted by Crippen LogP contribution is 2.10. The van der Waals surface area contributed by atoms with Crippen LogP contribution >= 0.6 is 0 Å². The monoisotopic (exact) mass is 238 g/mol. The van der Waals surface area contributed by atoms with Crippen LogP contribution < -0.4 is 21.7 Å². The molecule has 0 aliphatic carbocycles. The first kappa shape index (κ1) is 13.0. The number of hydrogen-bond donors (Lipinski definition) is 4. The van der Waals surface area contributed by atoms with E-state index in [1.807, 2.05) is 6.92 Å². The summed E-state index contributed by atoms with van der Waals surface area (Å²) in [4.78, 5) is 19.3. The zero-order valence-electron chi connectivity index (χ0n) is 10.1. The summed E-state index contributed by atoms with van der Waals surface area (Å²) in [7, 11) is 1.74. The number of carbonyl (C=O) groups is 1. The van der Waals surface area contributed by atoms with Crippen molar-refractivity contribution >= 4 is 23.5 Å². The second kappa shape index (κ2) is 6.51. The Morgan fingerprint density at radius 2 is 2.12 bits per heavy atom. The van der Waals surface area contributed by atoms with Crippen molar-refractivity contribution in [2.75, 3.05) is 36.5 Å². The third kappa shape index (κ3) is 4.54. The number of hydrogen-bond acceptors (Lipinski definition) is 6. The van der Waals surface area contributed by atoms with E-state index < -0.39 is 0 Å². The standard InChI is InChI=1S/C10H18N6O/c1-3-4-13-9(17)6-14-8-5-7(12-2)15-10(11)16-8/h5H,3-4,6H2,1-2H3,(H,13,17)(H4,11,12,14,15,16). The number of anilines is 3. The molecule has 0 spiro atoms. The topological polar surface area (TPSA) is 105 Å². The zero-order chi connectivity index (χ0) is 12.7. The number of nitrogens with two attached hydrogens (primary N) is 1. The van der Waals surface area contributed by atoms with E-state index in [2.05, 4.69) is 25.9 Å². The van der Waals surface area contributed by atoms with Crippen LogP contribution in [-0.2, 0) is 4.79 Å². The van der Waals surface area contributed by atoms with Crippen molar-refractivity contribution < 1.29 is 4.79 Å². The molecule has 0 fully saturated rings. The highest BCUT2D eigenvalue weighted by Gasteiger charge is 2.03. The molecule has 7 nitrogen and oxygen atoms in total. The number of nitrogens with zero attached hydrogens (tertiary/aromatic N) is 2. The second-order valence-corrected chi connectivity index (χ2v) is 3.45. The van der Waals surface area contributed by atoms with Crippen LogP contribution in [0.15, 0.2) is 6.07 Å². The van der Waals surface area contributed by atoms with Gasteiger partial charge in [0, 0.05) is 19.7 Å². The summed E-state index contributed by atoms with van der Waals surface area (Å²) >= 11 is 0. The molecule has 17 heavy (non-hydrogen) atoms. The summed E-state index contributed by atoms with van der Waals surface area (Å²) < 4.78 is 0. The summed E-state index contributed by atoms with van der Waals surface area (Å²) in [6.07, 6.45) is 0.913. The highest BCUT2D eigenvalue weighted by atomic mass is 16.1. The molecule has 1 rings (SSSR count). The molecule has 0 unspecified atom stereocenters. The van der Waals surface area contributed by atoms with Gasteiger partial charge in [0.1, 0.15) is 11.6 Å². The minimum absolute atomic E-state index is 0.0740. The minimum atomic E-state index is -0.0740. The number of aromatic nitrogens is 2. The molecular formula is C10H18N6O. The average Bonchev–Trinajstić information content (AvgIpc) is 2.33. The van der Waals surface area contributed by atoms with E-state index in [-0.39, 0.29) is 18.4 Å². The van der Waals surface area contributed by atoms with Crippen molar-refractivity contribution in [3.63, 3.8) is 0 Å². The SMILES string of the molecule is CCCNC(=O)CNc1cc(NC)nc(N)n1. The van der Waals surface area contributed by atoms with E-state index in [1.165, 1.54) is 0 Å². The van der Waals surface area contributed by atoms with Gasteiger partial charge in [-0.05, 0) is 6.42 Å². The first-order valence-corrected chi connectivity index (χ1v) is 5.48. The molecule has 0 atom stereocenters. The Kier molecular flexibility index (Phi) is 4.99. The van der Waals surface area contributed by atoms with E-state index in [0.717, 1.165) is 6.42 Å². The van der Waals surface area contributed by atoms with Gasteiger partial charge in [0.25, 0.3) is 0 Å². The Morgan fingerprint density at radius 3 is 2.76 bits per heavy atom. The smallest absolute Gasteiger partial charge is 0.239 e. The number of rotatable bonds is 6. The van der Waals surface area contributed by atoms with E-state index in [0.29, 0.717) is 18.2 Å². The fraction of sp³-hybridized carbons (Fsp3) is 0.500. The number of nitrogen functional groups attached to an aromatic ring is 1. The maximum atomic E-state index is 11.4. The van der Waals surface area contributed by atoms with Gasteiger partial charge in [-0.3, -0.25) is 4.79 Å². The summed E-state index contributed by atoms with van der Waals surface area (Å²) in [6, 6.07) is 1.68. The molecule has 0 bridgehead atoms. The molecule has 5 N–H and O–H groups in total. The molecule has 1 amide bonds. The van der Waals surface area contributed by atoms with Gasteiger partial charge in [-0.15, -0.1) is 0 Å². The first-order chi connectivity index (χ1) is 8.15. The lowest BCUT2D eigenvalue weighted by atomic mass is 10.4. The van der Waals surface area contributed by atoms with Crippen LogP contribution in [0, 0.1) is 0 Å². The molecule has 0 aromatic carbocycles. The minimum Gasteiger partial charge on any atom is -0.373 e. The van der Waals surface area contributed by atoms with Crippen LogP contribution in [0.2, 0.25) is 0 Å². The fourth-order valence-electron chi connectivity index (χ4n) is 1.18. The van der Waals surface area contributed by atoms with Crippen molar-refractivity contribution in [3.8, 4) is 0 Å². The second-order valence-electron chi connectivity index (χ2n) is 3.45. The van der Waals surface area contributed by atoms with Crippen molar-refractivity contribution in [2.24, 2.45) is 0 Å². The molecule has 7 heteroatoms. The predicted molar refractivity (Wildman–Crippen MR) is 67.8 cm³/mol. The summed E-state index contributed by atoms with van der Waals surface area (Å²) in [6.45, 7) is 2.84. The van der Waals surface area contributed by atoms with Crippen LogP contribution in [0.5, 0.6) is 0 Å². The molecule has 0 aliphatic rings. The molecule has 1 aromatic heterocycles. The lowest BCUT2D eigenvalue weighted by molar-refractivity contribution is -0.119. The van der Waals surface area contributed by atoms with Crippen LogP contribution in [-0.4, -0.2) is 36.0 Å². The van der Waals surface area contributed by atoms with E-state index in [4.69, 9.17) is 5.73 Å². The predicted octanol–water partition coefficient (Wildman–Crippen LogP) is 0.0386. The van der Waals surface area contributed by atoms with Gasteiger partial charge >= 0.3 is 0 Å². The molecule has 94 valence electrons. The van der Waals surface area contributed by atoms with Crippen LogP contribution in [0.3, 0.4) is 0 Å². The lowest BCUT2D eigenvalue weighted by Crippen LogP contribution is -2.30. The normalized spacial score (nSPS) is 9.76. The van der Waals surface area contributed by atoms with Crippen molar-refractivity contribution in [1.29, 1.82) is 0 Å². The first-order valence-electron chi connectivity index (χ1n) is 5.48. The van der Waals surface area contributed by atoms with Gasteiger partial charge in [-0.25, -0.2) is 0 Å². The number of nitrogens with one attached hydrogen (secondary N) is 3. The molecule has 1 aromatic rings. The Balaban J connectivity index is 2.51. The van der Waals surface area contributed by atoms with Gasteiger partial charge in [-0.2, -0.15) is 9.97 Å². The van der Waals surface area contributed by atoms with Crippen molar-refractivity contribution in [1.82, 2.24) is 15.3 Å². The van der Waals surface area contributed by atoms with Crippen LogP contribution in [0.25, 0.3) is 0 Å². The third-order valence-corrected chi connectivity index (χ3v) is 2.00. The maximum absolute atomic E-state index is 11.4.